The molecular formula is C47H40N2O4. The smallest absolute Gasteiger partial charge is 0.253 e. The lowest BCUT2D eigenvalue weighted by atomic mass is 9.83. The van der Waals surface area contributed by atoms with E-state index in [1.807, 2.05) is 121 Å². The Hall–Kier alpha value is -6.24. The minimum atomic E-state index is -1.35. The Morgan fingerprint density at radius 3 is 1.96 bits per heavy atom. The first-order valence-electron chi connectivity index (χ1n) is 18.1. The van der Waals surface area contributed by atoms with E-state index in [0.29, 0.717) is 31.1 Å². The normalized spacial score (nSPS) is 17.5. The summed E-state index contributed by atoms with van der Waals surface area (Å²) in [4.78, 5) is 20.5. The number of aliphatic imine (C=N–C) groups is 1. The van der Waals surface area contributed by atoms with Crippen molar-refractivity contribution in [1.29, 1.82) is 0 Å². The summed E-state index contributed by atoms with van der Waals surface area (Å²) in [5, 5.41) is 12.6. The summed E-state index contributed by atoms with van der Waals surface area (Å²) < 4.78 is 12.6. The van der Waals surface area contributed by atoms with Crippen molar-refractivity contribution >= 4 is 17.9 Å². The molecule has 262 valence electrons. The minimum absolute atomic E-state index is 0.0668. The van der Waals surface area contributed by atoms with Crippen molar-refractivity contribution in [3.8, 4) is 28.0 Å². The summed E-state index contributed by atoms with van der Waals surface area (Å²) in [5.41, 5.74) is 7.80. The molecule has 0 unspecified atom stereocenters. The molecule has 6 aromatic rings. The Bertz CT molecular complexity index is 2200. The van der Waals surface area contributed by atoms with Crippen LogP contribution in [0.1, 0.15) is 52.8 Å². The zero-order valence-corrected chi connectivity index (χ0v) is 29.3. The van der Waals surface area contributed by atoms with Gasteiger partial charge >= 0.3 is 0 Å². The summed E-state index contributed by atoms with van der Waals surface area (Å²) in [6, 6.07) is 52.3. The molecule has 0 bridgehead atoms. The molecule has 6 nitrogen and oxygen atoms in total. The molecule has 2 aliphatic rings. The molecule has 1 aliphatic heterocycles. The molecule has 1 heterocycles. The van der Waals surface area contributed by atoms with Crippen LogP contribution in [0.25, 0.3) is 28.3 Å². The number of benzene rings is 6. The lowest BCUT2D eigenvalue weighted by Gasteiger charge is -2.31. The number of carbonyl (C=O) groups is 1. The van der Waals surface area contributed by atoms with Gasteiger partial charge in [-0.15, -0.1) is 0 Å². The maximum absolute atomic E-state index is 15.3. The highest BCUT2D eigenvalue weighted by molar-refractivity contribution is 6.01. The average Bonchev–Trinajstić information content (AvgIpc) is 3.76. The van der Waals surface area contributed by atoms with Gasteiger partial charge in [0.05, 0.1) is 12.6 Å². The number of hydrogen-bond donors (Lipinski definition) is 2. The number of rotatable bonds is 12. The monoisotopic (exact) mass is 696 g/mol. The second kappa shape index (κ2) is 15.2. The lowest BCUT2D eigenvalue weighted by molar-refractivity contribution is -0.129. The molecule has 0 radical (unpaired) electrons. The van der Waals surface area contributed by atoms with Gasteiger partial charge < -0.3 is 19.9 Å². The fourth-order valence-electron chi connectivity index (χ4n) is 7.30. The molecule has 0 saturated carbocycles. The number of nitrogens with zero attached hydrogens (tertiary/aromatic N) is 1. The average molecular weight is 697 g/mol. The Morgan fingerprint density at radius 2 is 1.30 bits per heavy atom. The van der Waals surface area contributed by atoms with Gasteiger partial charge in [-0.2, -0.15) is 0 Å². The van der Waals surface area contributed by atoms with Gasteiger partial charge in [0, 0.05) is 25.0 Å². The highest BCUT2D eigenvalue weighted by atomic mass is 16.5. The molecule has 2 atom stereocenters. The van der Waals surface area contributed by atoms with E-state index in [4.69, 9.17) is 14.5 Å². The van der Waals surface area contributed by atoms with Gasteiger partial charge in [0.2, 0.25) is 5.90 Å². The number of nitrogens with one attached hydrogen (secondary N) is 1. The molecular weight excluding hydrogens is 657 g/mol. The maximum atomic E-state index is 15.3. The van der Waals surface area contributed by atoms with E-state index in [-0.39, 0.29) is 18.6 Å². The van der Waals surface area contributed by atoms with Crippen LogP contribution in [0.5, 0.6) is 5.75 Å². The van der Waals surface area contributed by atoms with E-state index in [9.17, 15) is 5.11 Å². The lowest BCUT2D eigenvalue weighted by Crippen LogP contribution is -2.49. The standard InChI is InChI=1S/C47H40N2O4/c50-31-12-32-52-38-28-26-37(27-29-38)45-49-47(30-11-15-33-13-3-1-4-14-33,44(53-45)36-24-22-35(23-25-36)34-16-5-2-6-17-34)46(51)48-43-41-20-9-7-18-39(41)40-19-8-10-21-42(40)43/h1-11,13-29,43-44,50H,12,30-32H2,(H,48,51)/b15-11+/t44-,47-/m1/s1. The summed E-state index contributed by atoms with van der Waals surface area (Å²) in [6.45, 7) is 0.482. The number of aliphatic hydroxyl groups is 1. The fourth-order valence-corrected chi connectivity index (χ4v) is 7.30. The Balaban J connectivity index is 1.22. The van der Waals surface area contributed by atoms with Gasteiger partial charge in [-0.3, -0.25) is 4.79 Å². The van der Waals surface area contributed by atoms with Gasteiger partial charge in [0.25, 0.3) is 5.91 Å². The van der Waals surface area contributed by atoms with Gasteiger partial charge in [-0.05, 0) is 68.8 Å². The summed E-state index contributed by atoms with van der Waals surface area (Å²) >= 11 is 0. The molecule has 0 saturated heterocycles. The fraction of sp³-hybridized carbons (Fsp3) is 0.149. The molecule has 8 rings (SSSR count). The zero-order chi connectivity index (χ0) is 36.0. The first-order chi connectivity index (χ1) is 26.1. The predicted molar refractivity (Wildman–Crippen MR) is 211 cm³/mol. The third-order valence-electron chi connectivity index (χ3n) is 10.00. The van der Waals surface area contributed by atoms with Crippen molar-refractivity contribution < 1.29 is 19.4 Å². The molecule has 0 aromatic heterocycles. The Labute approximate surface area is 310 Å². The van der Waals surface area contributed by atoms with E-state index in [2.05, 4.69) is 53.8 Å². The summed E-state index contributed by atoms with van der Waals surface area (Å²) in [5.74, 6) is 0.851. The second-order valence-corrected chi connectivity index (χ2v) is 13.4. The van der Waals surface area contributed by atoms with Crippen LogP contribution in [0.15, 0.2) is 169 Å². The third kappa shape index (κ3) is 6.89. The van der Waals surface area contributed by atoms with E-state index >= 15 is 4.79 Å². The van der Waals surface area contributed by atoms with E-state index in [1.165, 1.54) is 0 Å². The molecule has 6 heteroatoms. The minimum Gasteiger partial charge on any atom is -0.494 e. The highest BCUT2D eigenvalue weighted by Gasteiger charge is 2.53. The van der Waals surface area contributed by atoms with Crippen LogP contribution in [0.3, 0.4) is 0 Å². The first kappa shape index (κ1) is 33.9. The number of ether oxygens (including phenoxy) is 2. The molecule has 1 amide bonds. The van der Waals surface area contributed by atoms with Crippen LogP contribution in [0, 0.1) is 0 Å². The molecule has 0 spiro atoms. The number of aliphatic hydroxyl groups excluding tert-OH is 1. The van der Waals surface area contributed by atoms with Crippen molar-refractivity contribution in [3.63, 3.8) is 0 Å². The van der Waals surface area contributed by atoms with Crippen molar-refractivity contribution in [1.82, 2.24) is 5.32 Å². The number of hydrogen-bond acceptors (Lipinski definition) is 5. The van der Waals surface area contributed by atoms with Crippen LogP contribution < -0.4 is 10.1 Å². The van der Waals surface area contributed by atoms with Crippen LogP contribution >= 0.6 is 0 Å². The molecule has 0 fully saturated rings. The largest absolute Gasteiger partial charge is 0.494 e. The van der Waals surface area contributed by atoms with Crippen LogP contribution in [0.4, 0.5) is 0 Å². The maximum Gasteiger partial charge on any atom is 0.253 e. The number of amides is 1. The zero-order valence-electron chi connectivity index (χ0n) is 29.3. The topological polar surface area (TPSA) is 80.2 Å². The number of fused-ring (bicyclic) bond motifs is 3. The molecule has 1 aliphatic carbocycles. The van der Waals surface area contributed by atoms with Crippen LogP contribution in [-0.2, 0) is 9.53 Å². The van der Waals surface area contributed by atoms with Crippen molar-refractivity contribution in [2.24, 2.45) is 4.99 Å². The van der Waals surface area contributed by atoms with E-state index < -0.39 is 11.6 Å². The van der Waals surface area contributed by atoms with Gasteiger partial charge in [-0.25, -0.2) is 4.99 Å². The van der Waals surface area contributed by atoms with Gasteiger partial charge in [0.1, 0.15) is 5.75 Å². The molecule has 6 aromatic carbocycles. The van der Waals surface area contributed by atoms with Crippen molar-refractivity contribution in [3.05, 3.63) is 192 Å². The van der Waals surface area contributed by atoms with Gasteiger partial charge in [-0.1, -0.05) is 146 Å². The Morgan fingerprint density at radius 1 is 0.717 bits per heavy atom. The summed E-state index contributed by atoms with van der Waals surface area (Å²) in [6.07, 6.45) is 4.18. The third-order valence-corrected chi connectivity index (χ3v) is 10.00. The molecule has 2 N–H and O–H groups in total. The quantitative estimate of drug-likeness (QED) is 0.125. The number of carbonyl (C=O) groups excluding carboxylic acids is 1. The highest BCUT2D eigenvalue weighted by Crippen LogP contribution is 2.47. The van der Waals surface area contributed by atoms with E-state index in [1.54, 1.807) is 0 Å². The Kier molecular flexibility index (Phi) is 9.69. The van der Waals surface area contributed by atoms with Crippen molar-refractivity contribution in [2.75, 3.05) is 13.2 Å². The van der Waals surface area contributed by atoms with Gasteiger partial charge in [0.15, 0.2) is 11.6 Å². The van der Waals surface area contributed by atoms with Crippen molar-refractivity contribution in [2.45, 2.75) is 30.5 Å². The van der Waals surface area contributed by atoms with E-state index in [0.717, 1.165) is 50.1 Å². The first-order valence-corrected chi connectivity index (χ1v) is 18.1. The SMILES string of the molecule is O=C(NC1c2ccccc2-c2ccccc21)[C@]1(C/C=C/c2ccccc2)N=C(c2ccc(OCCCO)cc2)O[C@@H]1c1ccc(-c2ccccc2)cc1. The van der Waals surface area contributed by atoms with Crippen LogP contribution in [-0.4, -0.2) is 35.7 Å². The second-order valence-electron chi connectivity index (χ2n) is 13.4. The van der Waals surface area contributed by atoms with Crippen LogP contribution in [0.2, 0.25) is 0 Å². The summed E-state index contributed by atoms with van der Waals surface area (Å²) in [7, 11) is 0. The molecule has 53 heavy (non-hydrogen) atoms. The predicted octanol–water partition coefficient (Wildman–Crippen LogP) is 9.36.